The monoisotopic (exact) mass is 1050 g/mol. The van der Waals surface area contributed by atoms with Crippen molar-refractivity contribution in [2.75, 3.05) is 0 Å². The third-order valence-corrected chi connectivity index (χ3v) is 8.22. The Labute approximate surface area is 356 Å². The molecule has 3 aromatic carbocycles. The first-order valence-corrected chi connectivity index (χ1v) is 15.1. The first-order valence-electron chi connectivity index (χ1n) is 14.3. The second kappa shape index (κ2) is 21.8. The number of aryl methyl sites for hydroxylation is 4. The molecule has 5 aromatic rings. The Morgan fingerprint density at radius 2 is 0.875 bits per heavy atom. The first-order chi connectivity index (χ1) is 20.2. The molecular weight excluding hydrogens is 1020 g/mol. The number of rotatable bonds is 6. The average Bonchev–Trinajstić information content (AvgIpc) is 2.98. The van der Waals surface area contributed by atoms with Gasteiger partial charge in [0.25, 0.3) is 0 Å². The van der Waals surface area contributed by atoms with Crippen molar-refractivity contribution in [3.8, 4) is 22.3 Å². The van der Waals surface area contributed by atoms with E-state index < -0.39 is 0 Å². The number of benzene rings is 3. The molecule has 2 aromatic heterocycles. The van der Waals surface area contributed by atoms with Gasteiger partial charge in [-0.2, -0.15) is 0 Å². The van der Waals surface area contributed by atoms with Crippen LogP contribution in [0.2, 0.25) is 0 Å². The van der Waals surface area contributed by atoms with Gasteiger partial charge in [-0.3, -0.25) is 0 Å². The van der Waals surface area contributed by atoms with Crippen LogP contribution >= 0.6 is 15.9 Å². The van der Waals surface area contributed by atoms with Crippen molar-refractivity contribution in [3.63, 3.8) is 0 Å². The Kier molecular flexibility index (Phi) is 22.2. The van der Waals surface area contributed by atoms with Gasteiger partial charge in [-0.05, 0) is 157 Å². The summed E-state index contributed by atoms with van der Waals surface area (Å²) in [5.41, 5.74) is 13.3. The van der Waals surface area contributed by atoms with E-state index in [4.69, 9.17) is 0 Å². The number of pyridine rings is 2. The average molecular weight is 1050 g/mol. The van der Waals surface area contributed by atoms with Crippen molar-refractivity contribution in [2.24, 2.45) is 0 Å². The third-order valence-electron chi connectivity index (χ3n) is 7.77. The molecule has 11 heteroatoms. The zero-order valence-electron chi connectivity index (χ0n) is 27.5. The Morgan fingerprint density at radius 3 is 1.15 bits per heavy atom. The smallest absolute Gasteiger partial charge is 0.327 e. The van der Waals surface area contributed by atoms with E-state index in [1.807, 2.05) is 48.8 Å². The molecule has 2 heterocycles. The van der Waals surface area contributed by atoms with Gasteiger partial charge in [-0.1, -0.05) is 28.1 Å². The second-order valence-electron chi connectivity index (χ2n) is 10.7. The Morgan fingerprint density at radius 1 is 0.542 bits per heavy atom. The normalized spacial score (nSPS) is 10.6. The molecule has 5 rings (SSSR count). The molecule has 0 atom stereocenters. The van der Waals surface area contributed by atoms with E-state index in [0.29, 0.717) is 0 Å². The molecule has 262 valence electrons. The van der Waals surface area contributed by atoms with Crippen LogP contribution in [0.25, 0.3) is 22.3 Å². The number of halogens is 5. The Hall–Kier alpha value is -1.31. The topological polar surface area (TPSA) is 31.8 Å². The summed E-state index contributed by atoms with van der Waals surface area (Å²) in [6.45, 7) is 15.1. The van der Waals surface area contributed by atoms with Crippen LogP contribution in [0.5, 0.6) is 0 Å². The van der Waals surface area contributed by atoms with Crippen LogP contribution in [0.4, 0.5) is 23.0 Å². The Balaban J connectivity index is 0. The van der Waals surface area contributed by atoms with Gasteiger partial charge in [0.1, 0.15) is 23.8 Å². The predicted octanol–water partition coefficient (Wildman–Crippen LogP) is -2.02. The molecule has 0 unspecified atom stereocenters. The van der Waals surface area contributed by atoms with Gasteiger partial charge in [0.15, 0.2) is 0 Å². The van der Waals surface area contributed by atoms with E-state index in [-0.39, 0.29) is 101 Å². The minimum atomic E-state index is 0. The molecule has 0 aliphatic heterocycles. The first kappa shape index (κ1) is 48.8. The fourth-order valence-corrected chi connectivity index (χ4v) is 6.46. The van der Waals surface area contributed by atoms with Gasteiger partial charge >= 0.3 is 11.6 Å². The molecule has 0 bridgehead atoms. The van der Waals surface area contributed by atoms with Gasteiger partial charge in [-0.15, -0.1) is 0 Å². The minimum absolute atomic E-state index is 0. The van der Waals surface area contributed by atoms with Crippen molar-refractivity contribution in [2.45, 2.75) is 48.5 Å². The van der Waals surface area contributed by atoms with Crippen LogP contribution in [0.3, 0.4) is 0 Å². The van der Waals surface area contributed by atoms with Crippen molar-refractivity contribution in [3.05, 3.63) is 117 Å². The zero-order valence-corrected chi connectivity index (χ0v) is 37.5. The van der Waals surface area contributed by atoms with Crippen LogP contribution in [0.1, 0.15) is 41.7 Å². The molecule has 48 heavy (non-hydrogen) atoms. The van der Waals surface area contributed by atoms with Crippen molar-refractivity contribution in [1.29, 1.82) is 0 Å². The fourth-order valence-electron chi connectivity index (χ4n) is 6.01. The summed E-state index contributed by atoms with van der Waals surface area (Å²) in [5.74, 6) is 1.83. The van der Waals surface area contributed by atoms with Gasteiger partial charge in [-0.25, -0.2) is 9.15 Å². The number of aromatic nitrogens is 2. The van der Waals surface area contributed by atoms with Crippen LogP contribution in [-0.2, 0) is 33.0 Å². The minimum Gasteiger partial charge on any atom is -1.00 e. The summed E-state index contributed by atoms with van der Waals surface area (Å²) in [5, 5.41) is 0. The van der Waals surface area contributed by atoms with Gasteiger partial charge in [0.05, 0.1) is 12.4 Å². The SMILES string of the molecule is CC=[N+](c1ccccn1)c1c(C)cc(-c2cc(Br)cc(-c3cc(C)c([N+](=CC)c4ccccn4)c(C)c3)c2C)cc1C.[Br-].[Br-].[Br-].[Br-].[Ni].[Ni]. The maximum absolute atomic E-state index is 4.59. The molecule has 0 radical (unpaired) electrons. The van der Waals surface area contributed by atoms with E-state index in [1.54, 1.807) is 0 Å². The fraction of sp³-hybridized carbons (Fsp3) is 0.189. The molecule has 4 nitrogen and oxygen atoms in total. The van der Waals surface area contributed by atoms with Crippen LogP contribution < -0.4 is 77.1 Å². The molecule has 0 amide bonds. The number of nitrogens with zero attached hydrogens (tertiary/aromatic N) is 4. The van der Waals surface area contributed by atoms with Crippen molar-refractivity contribution in [1.82, 2.24) is 19.1 Å². The van der Waals surface area contributed by atoms with E-state index in [0.717, 1.165) is 16.1 Å². The zero-order chi connectivity index (χ0) is 30.0. The Bertz CT molecular complexity index is 1690. The summed E-state index contributed by atoms with van der Waals surface area (Å²) < 4.78 is 5.40. The predicted molar refractivity (Wildman–Crippen MR) is 184 cm³/mol. The molecule has 0 fully saturated rings. The third kappa shape index (κ3) is 10.4. The number of hydrogen-bond donors (Lipinski definition) is 0. The van der Waals surface area contributed by atoms with Gasteiger partial charge < -0.3 is 67.9 Å². The molecule has 0 saturated carbocycles. The largest absolute Gasteiger partial charge is 1.00 e. The van der Waals surface area contributed by atoms with E-state index >= 15 is 0 Å². The summed E-state index contributed by atoms with van der Waals surface area (Å²) in [4.78, 5) is 9.19. The maximum Gasteiger partial charge on any atom is 0.327 e. The molecule has 0 aliphatic rings. The van der Waals surface area contributed by atoms with E-state index in [1.165, 1.54) is 61.4 Å². The molecule has 0 spiro atoms. The summed E-state index contributed by atoms with van der Waals surface area (Å²) in [7, 11) is 0. The quantitative estimate of drug-likeness (QED) is 0.112. The summed E-state index contributed by atoms with van der Waals surface area (Å²) in [6.07, 6.45) is 7.84. The van der Waals surface area contributed by atoms with Crippen molar-refractivity contribution < 1.29 is 101 Å². The summed E-state index contributed by atoms with van der Waals surface area (Å²) in [6, 6.07) is 25.7. The second-order valence-corrected chi connectivity index (χ2v) is 11.6. The molecule has 0 saturated heterocycles. The van der Waals surface area contributed by atoms with Crippen molar-refractivity contribution >= 4 is 51.4 Å². The van der Waals surface area contributed by atoms with Gasteiger partial charge in [0.2, 0.25) is 0 Å². The van der Waals surface area contributed by atoms with E-state index in [9.17, 15) is 0 Å². The van der Waals surface area contributed by atoms with Crippen LogP contribution in [0, 0.1) is 34.6 Å². The molecule has 0 N–H and O–H groups in total. The number of hydrogen-bond acceptors (Lipinski definition) is 2. The van der Waals surface area contributed by atoms with Crippen LogP contribution in [-0.4, -0.2) is 22.4 Å². The maximum atomic E-state index is 4.59. The van der Waals surface area contributed by atoms with Gasteiger partial charge in [0, 0.05) is 49.6 Å². The molecule has 0 aliphatic carbocycles. The van der Waals surface area contributed by atoms with Crippen LogP contribution in [0.15, 0.2) is 89.7 Å². The summed E-state index contributed by atoms with van der Waals surface area (Å²) >= 11 is 3.83. The standard InChI is InChI=1S/C37H37BrN4.4BrH.2Ni/c1-8-41(34-14-10-12-16-39-34)36-24(3)18-29(19-25(36)4)32-22-31(38)23-33(28(32)7)30-20-26(5)37(27(6)21-30)42(9-2)35-15-11-13-17-40-35;;;;;;/h8-23H,1-7H3;4*1H;;/q+2;;;;;;/p-4. The molecular formula is C37H37Br5N4Ni2-2. The van der Waals surface area contributed by atoms with E-state index in [2.05, 4.69) is 132 Å².